The standard InChI is InChI=1S/C25H19FN4O3S/c1-15-22(17-5-3-2-4-6-17)23-24(34-15)28-14-30(25(23)32)29-20(31)11-12-21-27-13-19(33-21)16-7-9-18(26)10-8-16/h2-10,13-14H,11-12H2,1H3,(H,29,31). The molecule has 0 aliphatic carbocycles. The lowest BCUT2D eigenvalue weighted by Gasteiger charge is -2.08. The molecule has 0 fully saturated rings. The molecule has 3 aromatic heterocycles. The number of carbonyl (C=O) groups excluding carboxylic acids is 1. The molecule has 0 unspecified atom stereocenters. The number of hydrogen-bond acceptors (Lipinski definition) is 6. The van der Waals surface area contributed by atoms with Gasteiger partial charge in [-0.05, 0) is 36.8 Å². The van der Waals surface area contributed by atoms with Gasteiger partial charge in [0.2, 0.25) is 5.91 Å². The Morgan fingerprint density at radius 2 is 1.85 bits per heavy atom. The van der Waals surface area contributed by atoms with Crippen molar-refractivity contribution in [3.8, 4) is 22.5 Å². The fourth-order valence-corrected chi connectivity index (χ4v) is 4.72. The Balaban J connectivity index is 1.32. The quantitative estimate of drug-likeness (QED) is 0.377. The van der Waals surface area contributed by atoms with Crippen LogP contribution in [0.25, 0.3) is 32.7 Å². The Labute approximate surface area is 197 Å². The fourth-order valence-electron chi connectivity index (χ4n) is 3.72. The number of aryl methyl sites for hydroxylation is 2. The normalized spacial score (nSPS) is 11.1. The van der Waals surface area contributed by atoms with Crippen LogP contribution in [0.1, 0.15) is 17.2 Å². The summed E-state index contributed by atoms with van der Waals surface area (Å²) in [5, 5.41) is 0.480. The summed E-state index contributed by atoms with van der Waals surface area (Å²) in [5.41, 5.74) is 4.71. The van der Waals surface area contributed by atoms with Gasteiger partial charge in [0.1, 0.15) is 17.0 Å². The summed E-state index contributed by atoms with van der Waals surface area (Å²) in [6.07, 6.45) is 3.16. The van der Waals surface area contributed by atoms with E-state index in [1.807, 2.05) is 37.3 Å². The van der Waals surface area contributed by atoms with Crippen molar-refractivity contribution in [2.75, 3.05) is 5.43 Å². The van der Waals surface area contributed by atoms with Gasteiger partial charge in [-0.2, -0.15) is 0 Å². The highest BCUT2D eigenvalue weighted by Crippen LogP contribution is 2.35. The number of aromatic nitrogens is 3. The van der Waals surface area contributed by atoms with E-state index >= 15 is 0 Å². The molecule has 0 aliphatic heterocycles. The van der Waals surface area contributed by atoms with E-state index in [4.69, 9.17) is 4.42 Å². The van der Waals surface area contributed by atoms with Crippen LogP contribution < -0.4 is 11.0 Å². The number of fused-ring (bicyclic) bond motifs is 1. The SMILES string of the molecule is Cc1sc2ncn(NC(=O)CCc3ncc(-c4ccc(F)cc4)o3)c(=O)c2c1-c1ccccc1. The van der Waals surface area contributed by atoms with Crippen molar-refractivity contribution in [2.45, 2.75) is 19.8 Å². The van der Waals surface area contributed by atoms with Gasteiger partial charge in [0.25, 0.3) is 5.56 Å². The maximum Gasteiger partial charge on any atom is 0.281 e. The zero-order valence-electron chi connectivity index (χ0n) is 18.1. The minimum Gasteiger partial charge on any atom is -0.441 e. The van der Waals surface area contributed by atoms with Crippen molar-refractivity contribution in [3.63, 3.8) is 0 Å². The van der Waals surface area contributed by atoms with Gasteiger partial charge < -0.3 is 4.42 Å². The average molecular weight is 475 g/mol. The highest BCUT2D eigenvalue weighted by Gasteiger charge is 2.18. The van der Waals surface area contributed by atoms with Crippen molar-refractivity contribution in [1.82, 2.24) is 14.6 Å². The van der Waals surface area contributed by atoms with Gasteiger partial charge in [-0.25, -0.2) is 19.0 Å². The topological polar surface area (TPSA) is 90.0 Å². The maximum atomic E-state index is 13.2. The molecular weight excluding hydrogens is 455 g/mol. The van der Waals surface area contributed by atoms with Gasteiger partial charge in [-0.1, -0.05) is 30.3 Å². The Kier molecular flexibility index (Phi) is 5.77. The van der Waals surface area contributed by atoms with Gasteiger partial charge in [-0.15, -0.1) is 11.3 Å². The van der Waals surface area contributed by atoms with Crippen LogP contribution in [0.2, 0.25) is 0 Å². The molecule has 7 nitrogen and oxygen atoms in total. The lowest BCUT2D eigenvalue weighted by atomic mass is 10.0. The summed E-state index contributed by atoms with van der Waals surface area (Å²) in [6, 6.07) is 15.5. The van der Waals surface area contributed by atoms with E-state index in [0.29, 0.717) is 27.4 Å². The van der Waals surface area contributed by atoms with Crippen molar-refractivity contribution < 1.29 is 13.6 Å². The fraction of sp³-hybridized carbons (Fsp3) is 0.120. The van der Waals surface area contributed by atoms with Gasteiger partial charge in [0.05, 0.1) is 11.6 Å². The van der Waals surface area contributed by atoms with Gasteiger partial charge >= 0.3 is 0 Å². The van der Waals surface area contributed by atoms with Crippen molar-refractivity contribution in [2.24, 2.45) is 0 Å². The molecule has 2 aromatic carbocycles. The first kappa shape index (κ1) is 21.7. The van der Waals surface area contributed by atoms with E-state index in [1.54, 1.807) is 12.1 Å². The van der Waals surface area contributed by atoms with E-state index in [1.165, 1.54) is 36.0 Å². The average Bonchev–Trinajstić information content (AvgIpc) is 3.45. The van der Waals surface area contributed by atoms with Crippen LogP contribution in [0.3, 0.4) is 0 Å². The molecule has 1 N–H and O–H groups in total. The molecular formula is C25H19FN4O3S. The second-order valence-corrected chi connectivity index (χ2v) is 8.86. The Morgan fingerprint density at radius 1 is 1.09 bits per heavy atom. The summed E-state index contributed by atoms with van der Waals surface area (Å²) in [7, 11) is 0. The first-order chi connectivity index (χ1) is 16.5. The Morgan fingerprint density at radius 3 is 2.62 bits per heavy atom. The lowest BCUT2D eigenvalue weighted by molar-refractivity contribution is -0.117. The third kappa shape index (κ3) is 4.25. The number of halogens is 1. The van der Waals surface area contributed by atoms with E-state index < -0.39 is 0 Å². The number of hydrogen-bond donors (Lipinski definition) is 1. The number of benzene rings is 2. The molecule has 0 saturated heterocycles. The minimum absolute atomic E-state index is 0.0576. The monoisotopic (exact) mass is 474 g/mol. The largest absolute Gasteiger partial charge is 0.441 e. The number of oxazole rings is 1. The summed E-state index contributed by atoms with van der Waals surface area (Å²) in [4.78, 5) is 35.9. The number of rotatable bonds is 6. The summed E-state index contributed by atoms with van der Waals surface area (Å²) < 4.78 is 19.9. The van der Waals surface area contributed by atoms with Crippen LogP contribution in [0.5, 0.6) is 0 Å². The van der Waals surface area contributed by atoms with Crippen LogP contribution in [0.4, 0.5) is 4.39 Å². The predicted octanol–water partition coefficient (Wildman–Crippen LogP) is 4.93. The van der Waals surface area contributed by atoms with Crippen molar-refractivity contribution in [1.29, 1.82) is 0 Å². The molecule has 34 heavy (non-hydrogen) atoms. The van der Waals surface area contributed by atoms with Gasteiger partial charge in [0, 0.05) is 28.8 Å². The van der Waals surface area contributed by atoms with Crippen LogP contribution in [0.15, 0.2) is 76.3 Å². The summed E-state index contributed by atoms with van der Waals surface area (Å²) in [6.45, 7) is 1.95. The van der Waals surface area contributed by atoms with E-state index in [0.717, 1.165) is 20.7 Å². The number of carbonyl (C=O) groups is 1. The molecule has 3 heterocycles. The second kappa shape index (κ2) is 9.03. The van der Waals surface area contributed by atoms with Crippen LogP contribution in [-0.4, -0.2) is 20.6 Å². The lowest BCUT2D eigenvalue weighted by Crippen LogP contribution is -2.33. The van der Waals surface area contributed by atoms with Crippen LogP contribution in [-0.2, 0) is 11.2 Å². The molecule has 0 radical (unpaired) electrons. The van der Waals surface area contributed by atoms with Crippen molar-refractivity contribution in [3.05, 3.63) is 94.1 Å². The highest BCUT2D eigenvalue weighted by molar-refractivity contribution is 7.19. The molecule has 0 bridgehead atoms. The Hall–Kier alpha value is -4.11. The number of thiophene rings is 1. The maximum absolute atomic E-state index is 13.2. The first-order valence-corrected chi connectivity index (χ1v) is 11.4. The summed E-state index contributed by atoms with van der Waals surface area (Å²) in [5.74, 6) is 0.146. The third-order valence-electron chi connectivity index (χ3n) is 5.34. The van der Waals surface area contributed by atoms with E-state index in [-0.39, 0.29) is 30.1 Å². The zero-order valence-corrected chi connectivity index (χ0v) is 18.9. The molecule has 170 valence electrons. The molecule has 1 amide bonds. The molecule has 5 aromatic rings. The molecule has 0 saturated carbocycles. The number of nitrogens with one attached hydrogen (secondary N) is 1. The zero-order chi connectivity index (χ0) is 23.7. The molecule has 5 rings (SSSR count). The van der Waals surface area contributed by atoms with Crippen LogP contribution >= 0.6 is 11.3 Å². The van der Waals surface area contributed by atoms with Gasteiger partial charge in [0.15, 0.2) is 11.7 Å². The highest BCUT2D eigenvalue weighted by atomic mass is 32.1. The van der Waals surface area contributed by atoms with Crippen molar-refractivity contribution >= 4 is 27.5 Å². The number of amides is 1. The molecule has 0 atom stereocenters. The van der Waals surface area contributed by atoms with Gasteiger partial charge in [-0.3, -0.25) is 15.0 Å². The van der Waals surface area contributed by atoms with E-state index in [2.05, 4.69) is 15.4 Å². The second-order valence-electron chi connectivity index (χ2n) is 7.66. The minimum atomic E-state index is -0.377. The molecule has 0 spiro atoms. The third-order valence-corrected chi connectivity index (χ3v) is 6.36. The molecule has 0 aliphatic rings. The smallest absolute Gasteiger partial charge is 0.281 e. The first-order valence-electron chi connectivity index (χ1n) is 10.6. The van der Waals surface area contributed by atoms with E-state index in [9.17, 15) is 14.0 Å². The number of nitrogens with zero attached hydrogens (tertiary/aromatic N) is 3. The summed E-state index contributed by atoms with van der Waals surface area (Å²) >= 11 is 1.45. The molecule has 9 heteroatoms. The van der Waals surface area contributed by atoms with Crippen LogP contribution in [0, 0.1) is 12.7 Å². The Bertz CT molecular complexity index is 1540. The predicted molar refractivity (Wildman–Crippen MR) is 129 cm³/mol.